The second-order valence-corrected chi connectivity index (χ2v) is 11.6. The van der Waals surface area contributed by atoms with E-state index < -0.39 is 0 Å². The van der Waals surface area contributed by atoms with E-state index >= 15 is 0 Å². The lowest BCUT2D eigenvalue weighted by atomic mass is 9.48. The van der Waals surface area contributed by atoms with Gasteiger partial charge in [0.05, 0.1) is 19.9 Å². The lowest BCUT2D eigenvalue weighted by molar-refractivity contribution is -0.148. The van der Waals surface area contributed by atoms with Crippen LogP contribution < -0.4 is 9.47 Å². The highest BCUT2D eigenvalue weighted by Crippen LogP contribution is 2.65. The summed E-state index contributed by atoms with van der Waals surface area (Å²) in [5.41, 5.74) is 4.50. The first-order valence-corrected chi connectivity index (χ1v) is 13.3. The van der Waals surface area contributed by atoms with Crippen LogP contribution >= 0.6 is 0 Å². The molecule has 0 aromatic heterocycles. The van der Waals surface area contributed by atoms with Gasteiger partial charge in [-0.05, 0) is 91.0 Å². The quantitative estimate of drug-likeness (QED) is 0.227. The normalized spacial score (nSPS) is 37.5. The first kappa shape index (κ1) is 24.9. The summed E-state index contributed by atoms with van der Waals surface area (Å²) in [6, 6.07) is 5.92. The molecule has 4 aliphatic carbocycles. The number of methoxy groups -OCH3 is 2. The first-order valence-electron chi connectivity index (χ1n) is 13.3. The Labute approximate surface area is 214 Å². The van der Waals surface area contributed by atoms with Crippen LogP contribution in [0.25, 0.3) is 6.08 Å². The molecule has 1 aromatic carbocycles. The second-order valence-electron chi connectivity index (χ2n) is 11.6. The van der Waals surface area contributed by atoms with E-state index in [2.05, 4.69) is 31.2 Å². The average molecular weight is 494 g/mol. The number of benzene rings is 1. The molecule has 0 heterocycles. The van der Waals surface area contributed by atoms with Crippen LogP contribution in [0.3, 0.4) is 0 Å². The maximum absolute atomic E-state index is 11.5. The number of ether oxygens (including phenoxy) is 3. The molecule has 36 heavy (non-hydrogen) atoms. The molecule has 6 atom stereocenters. The van der Waals surface area contributed by atoms with E-state index in [1.54, 1.807) is 14.2 Å². The molecule has 1 N–H and O–H groups in total. The molecule has 0 bridgehead atoms. The van der Waals surface area contributed by atoms with E-state index in [1.165, 1.54) is 12.5 Å². The van der Waals surface area contributed by atoms with E-state index in [9.17, 15) is 10.0 Å². The molecule has 0 radical (unpaired) electrons. The van der Waals surface area contributed by atoms with Crippen LogP contribution in [0.5, 0.6) is 11.5 Å². The van der Waals surface area contributed by atoms with Gasteiger partial charge in [-0.2, -0.15) is 0 Å². The van der Waals surface area contributed by atoms with Gasteiger partial charge in [-0.1, -0.05) is 36.7 Å². The minimum Gasteiger partial charge on any atom is -0.493 e. The van der Waals surface area contributed by atoms with Crippen LogP contribution in [0.2, 0.25) is 0 Å². The molecule has 194 valence electrons. The summed E-state index contributed by atoms with van der Waals surface area (Å²) in [4.78, 5) is 11.5. The van der Waals surface area contributed by atoms with Crippen molar-refractivity contribution < 1.29 is 24.2 Å². The zero-order valence-corrected chi connectivity index (χ0v) is 22.2. The van der Waals surface area contributed by atoms with Gasteiger partial charge in [-0.15, -0.1) is 0 Å². The van der Waals surface area contributed by atoms with Crippen molar-refractivity contribution in [2.45, 2.75) is 71.8 Å². The Kier molecular flexibility index (Phi) is 6.42. The molecule has 0 amide bonds. The number of rotatable bonds is 4. The maximum atomic E-state index is 11.5. The number of hydrogen-bond acceptors (Lipinski definition) is 6. The van der Waals surface area contributed by atoms with Crippen molar-refractivity contribution in [2.75, 3.05) is 14.2 Å². The number of nitrogens with zero attached hydrogens (tertiary/aromatic N) is 1. The summed E-state index contributed by atoms with van der Waals surface area (Å²) < 4.78 is 16.5. The van der Waals surface area contributed by atoms with Gasteiger partial charge in [-0.25, -0.2) is 0 Å². The van der Waals surface area contributed by atoms with E-state index in [0.717, 1.165) is 61.8 Å². The third-order valence-corrected chi connectivity index (χ3v) is 9.91. The van der Waals surface area contributed by atoms with Crippen molar-refractivity contribution in [1.29, 1.82) is 0 Å². The number of oxime groups is 1. The third kappa shape index (κ3) is 3.93. The Morgan fingerprint density at radius 1 is 1.06 bits per heavy atom. The standard InChI is InChI=1S/C30H39NO5/c1-18(32)36-22-10-12-29(2)21(17-22)7-8-23-24(29)11-13-30(3)25(23)16-20(28(30)31-33)14-19-6-9-26(34-4)27(15-19)35-5/h6-7,9,14-15,22-25,33H,8,10-13,16-17H2,1-5H3/b20-14+,31-28+/t22-,23+,24-,25-,29-,30-/m0/s1. The van der Waals surface area contributed by atoms with Gasteiger partial charge in [0, 0.05) is 18.8 Å². The van der Waals surface area contributed by atoms with Gasteiger partial charge < -0.3 is 19.4 Å². The van der Waals surface area contributed by atoms with Crippen molar-refractivity contribution in [2.24, 2.45) is 33.7 Å². The maximum Gasteiger partial charge on any atom is 0.302 e. The van der Waals surface area contributed by atoms with Crippen molar-refractivity contribution in [3.63, 3.8) is 0 Å². The van der Waals surface area contributed by atoms with E-state index in [4.69, 9.17) is 14.2 Å². The molecular formula is C30H39NO5. The van der Waals surface area contributed by atoms with E-state index in [0.29, 0.717) is 29.3 Å². The average Bonchev–Trinajstić information content (AvgIpc) is 3.14. The van der Waals surface area contributed by atoms with E-state index in [1.807, 2.05) is 18.2 Å². The number of carbonyl (C=O) groups is 1. The molecule has 4 aliphatic rings. The molecule has 6 nitrogen and oxygen atoms in total. The number of esters is 1. The Balaban J connectivity index is 1.44. The van der Waals surface area contributed by atoms with Gasteiger partial charge >= 0.3 is 5.97 Å². The second kappa shape index (κ2) is 9.28. The fraction of sp³-hybridized carbons (Fsp3) is 0.600. The van der Waals surface area contributed by atoms with Gasteiger partial charge in [0.1, 0.15) is 6.10 Å². The Bertz CT molecular complexity index is 1140. The lowest BCUT2D eigenvalue weighted by Gasteiger charge is -2.57. The molecule has 0 unspecified atom stereocenters. The largest absolute Gasteiger partial charge is 0.493 e. The Morgan fingerprint density at radius 2 is 1.81 bits per heavy atom. The van der Waals surface area contributed by atoms with Gasteiger partial charge in [-0.3, -0.25) is 4.79 Å². The predicted octanol–water partition coefficient (Wildman–Crippen LogP) is 6.42. The molecule has 6 heteroatoms. The topological polar surface area (TPSA) is 77.4 Å². The number of fused-ring (bicyclic) bond motifs is 5. The third-order valence-electron chi connectivity index (χ3n) is 9.91. The van der Waals surface area contributed by atoms with Crippen LogP contribution in [-0.4, -0.2) is 37.2 Å². The highest BCUT2D eigenvalue weighted by Gasteiger charge is 2.59. The fourth-order valence-electron chi connectivity index (χ4n) is 8.10. The molecule has 3 saturated carbocycles. The van der Waals surface area contributed by atoms with Gasteiger partial charge in [0.15, 0.2) is 11.5 Å². The first-order chi connectivity index (χ1) is 17.2. The van der Waals surface area contributed by atoms with Crippen LogP contribution in [-0.2, 0) is 9.53 Å². The minimum atomic E-state index is -0.179. The molecular weight excluding hydrogens is 454 g/mol. The summed E-state index contributed by atoms with van der Waals surface area (Å²) in [7, 11) is 3.28. The zero-order valence-electron chi connectivity index (χ0n) is 22.2. The highest BCUT2D eigenvalue weighted by atomic mass is 16.5. The minimum absolute atomic E-state index is 0.0165. The van der Waals surface area contributed by atoms with Crippen LogP contribution in [0.15, 0.2) is 40.6 Å². The van der Waals surface area contributed by atoms with Gasteiger partial charge in [0.2, 0.25) is 0 Å². The Morgan fingerprint density at radius 3 is 2.50 bits per heavy atom. The lowest BCUT2D eigenvalue weighted by Crippen LogP contribution is -2.50. The van der Waals surface area contributed by atoms with Gasteiger partial charge in [0.25, 0.3) is 0 Å². The summed E-state index contributed by atoms with van der Waals surface area (Å²) >= 11 is 0. The smallest absolute Gasteiger partial charge is 0.302 e. The van der Waals surface area contributed by atoms with E-state index in [-0.39, 0.29) is 22.9 Å². The molecule has 0 spiro atoms. The SMILES string of the molecule is COc1ccc(/C=C2\C[C@H]3[C@@H]4CC=C5C[C@@H](OC(C)=O)CC[C@]5(C)[C@H]4CC[C@]3(C)\C2=N\O)cc1OC. The summed E-state index contributed by atoms with van der Waals surface area (Å²) in [5, 5.41) is 14.1. The predicted molar refractivity (Wildman–Crippen MR) is 139 cm³/mol. The van der Waals surface area contributed by atoms with Crippen molar-refractivity contribution in [3.8, 4) is 11.5 Å². The number of hydrogen-bond donors (Lipinski definition) is 1. The molecule has 0 saturated heterocycles. The summed E-state index contributed by atoms with van der Waals surface area (Å²) in [6.07, 6.45) is 11.6. The number of allylic oxidation sites excluding steroid dienone is 2. The zero-order chi connectivity index (χ0) is 25.7. The summed E-state index contributed by atoms with van der Waals surface area (Å²) in [5.74, 6) is 2.81. The molecule has 5 rings (SSSR count). The van der Waals surface area contributed by atoms with Crippen LogP contribution in [0, 0.1) is 28.6 Å². The highest BCUT2D eigenvalue weighted by molar-refractivity contribution is 6.09. The van der Waals surface area contributed by atoms with Crippen molar-refractivity contribution >= 4 is 17.8 Å². The summed E-state index contributed by atoms with van der Waals surface area (Å²) in [6.45, 7) is 6.25. The van der Waals surface area contributed by atoms with Crippen molar-refractivity contribution in [3.05, 3.63) is 41.0 Å². The Hall–Kier alpha value is -2.76. The fourth-order valence-corrected chi connectivity index (χ4v) is 8.10. The molecule has 1 aromatic rings. The molecule has 3 fully saturated rings. The van der Waals surface area contributed by atoms with Crippen LogP contribution in [0.1, 0.15) is 71.3 Å². The van der Waals surface area contributed by atoms with Crippen LogP contribution in [0.4, 0.5) is 0 Å². The molecule has 0 aliphatic heterocycles. The monoisotopic (exact) mass is 493 g/mol. The van der Waals surface area contributed by atoms with Crippen molar-refractivity contribution in [1.82, 2.24) is 0 Å². The number of carbonyl (C=O) groups excluding carboxylic acids is 1.